The van der Waals surface area contributed by atoms with E-state index in [1.165, 1.54) is 7.11 Å². The number of hydrogen-bond donors (Lipinski definition) is 2. The fourth-order valence-electron chi connectivity index (χ4n) is 2.50. The monoisotopic (exact) mass is 341 g/mol. The SMILES string of the molecule is COC(=O)c1ccc(Nc2ccc(NC(=O)C3CCCO3)cn2)cc1. The van der Waals surface area contributed by atoms with E-state index in [0.717, 1.165) is 18.5 Å². The summed E-state index contributed by atoms with van der Waals surface area (Å²) in [5.74, 6) is 0.107. The number of aromatic nitrogens is 1. The Morgan fingerprint density at radius 3 is 2.52 bits per heavy atom. The minimum atomic E-state index is -0.379. The molecule has 130 valence electrons. The van der Waals surface area contributed by atoms with E-state index in [4.69, 9.17) is 4.74 Å². The molecule has 2 N–H and O–H groups in total. The fraction of sp³-hybridized carbons (Fsp3) is 0.278. The lowest BCUT2D eigenvalue weighted by atomic mass is 10.2. The molecule has 0 spiro atoms. The Morgan fingerprint density at radius 1 is 1.16 bits per heavy atom. The maximum absolute atomic E-state index is 12.0. The number of carbonyl (C=O) groups excluding carboxylic acids is 2. The van der Waals surface area contributed by atoms with E-state index in [1.807, 2.05) is 0 Å². The van der Waals surface area contributed by atoms with Crippen molar-refractivity contribution in [2.45, 2.75) is 18.9 Å². The van der Waals surface area contributed by atoms with Gasteiger partial charge in [0.2, 0.25) is 0 Å². The summed E-state index contributed by atoms with van der Waals surface area (Å²) in [4.78, 5) is 27.7. The topological polar surface area (TPSA) is 89.6 Å². The maximum Gasteiger partial charge on any atom is 0.337 e. The fourth-order valence-corrected chi connectivity index (χ4v) is 2.50. The van der Waals surface area contributed by atoms with Crippen LogP contribution in [0.25, 0.3) is 0 Å². The van der Waals surface area contributed by atoms with Crippen LogP contribution < -0.4 is 10.6 Å². The number of methoxy groups -OCH3 is 1. The lowest BCUT2D eigenvalue weighted by Gasteiger charge is -2.11. The second kappa shape index (κ2) is 7.76. The molecule has 1 saturated heterocycles. The van der Waals surface area contributed by atoms with Crippen LogP contribution in [0.15, 0.2) is 42.6 Å². The van der Waals surface area contributed by atoms with Crippen molar-refractivity contribution < 1.29 is 19.1 Å². The first-order valence-corrected chi connectivity index (χ1v) is 7.99. The number of carbonyl (C=O) groups is 2. The highest BCUT2D eigenvalue weighted by molar-refractivity contribution is 5.94. The van der Waals surface area contributed by atoms with Crippen molar-refractivity contribution in [2.75, 3.05) is 24.4 Å². The molecule has 7 heteroatoms. The average molecular weight is 341 g/mol. The van der Waals surface area contributed by atoms with Gasteiger partial charge in [0.25, 0.3) is 5.91 Å². The van der Waals surface area contributed by atoms with Crippen molar-refractivity contribution in [3.05, 3.63) is 48.2 Å². The van der Waals surface area contributed by atoms with Gasteiger partial charge in [-0.2, -0.15) is 0 Å². The Morgan fingerprint density at radius 2 is 1.92 bits per heavy atom. The van der Waals surface area contributed by atoms with E-state index in [1.54, 1.807) is 42.6 Å². The normalized spacial score (nSPS) is 16.3. The van der Waals surface area contributed by atoms with Gasteiger partial charge in [-0.1, -0.05) is 0 Å². The van der Waals surface area contributed by atoms with Crippen molar-refractivity contribution >= 4 is 29.1 Å². The van der Waals surface area contributed by atoms with Gasteiger partial charge in [-0.15, -0.1) is 0 Å². The summed E-state index contributed by atoms with van der Waals surface area (Å²) in [6.07, 6.45) is 2.87. The number of rotatable bonds is 5. The van der Waals surface area contributed by atoms with Crippen molar-refractivity contribution in [2.24, 2.45) is 0 Å². The number of nitrogens with one attached hydrogen (secondary N) is 2. The molecule has 1 aromatic heterocycles. The number of hydrogen-bond acceptors (Lipinski definition) is 6. The lowest BCUT2D eigenvalue weighted by molar-refractivity contribution is -0.124. The van der Waals surface area contributed by atoms with Crippen LogP contribution in [0.3, 0.4) is 0 Å². The summed E-state index contributed by atoms with van der Waals surface area (Å²) < 4.78 is 10.0. The second-order valence-electron chi connectivity index (χ2n) is 5.62. The molecule has 1 amide bonds. The molecular weight excluding hydrogens is 322 g/mol. The molecule has 1 aliphatic heterocycles. The highest BCUT2D eigenvalue weighted by Crippen LogP contribution is 2.18. The minimum Gasteiger partial charge on any atom is -0.465 e. The molecule has 2 aromatic rings. The molecular formula is C18H19N3O4. The lowest BCUT2D eigenvalue weighted by Crippen LogP contribution is -2.26. The van der Waals surface area contributed by atoms with Crippen LogP contribution >= 0.6 is 0 Å². The first-order chi connectivity index (χ1) is 12.2. The first kappa shape index (κ1) is 16.9. The van der Waals surface area contributed by atoms with Crippen LogP contribution in [0.2, 0.25) is 0 Å². The molecule has 1 unspecified atom stereocenters. The zero-order chi connectivity index (χ0) is 17.6. The van der Waals surface area contributed by atoms with Crippen LogP contribution in [0.4, 0.5) is 17.2 Å². The molecule has 1 aliphatic rings. The minimum absolute atomic E-state index is 0.140. The number of nitrogens with zero attached hydrogens (tertiary/aromatic N) is 1. The zero-order valence-electron chi connectivity index (χ0n) is 13.8. The van der Waals surface area contributed by atoms with E-state index >= 15 is 0 Å². The number of esters is 1. The van der Waals surface area contributed by atoms with Crippen LogP contribution in [-0.4, -0.2) is 36.7 Å². The van der Waals surface area contributed by atoms with Crippen LogP contribution in [0.5, 0.6) is 0 Å². The van der Waals surface area contributed by atoms with Crippen molar-refractivity contribution in [3.63, 3.8) is 0 Å². The molecule has 1 fully saturated rings. The summed E-state index contributed by atoms with van der Waals surface area (Å²) >= 11 is 0. The molecule has 0 saturated carbocycles. The van der Waals surface area contributed by atoms with Crippen LogP contribution in [0, 0.1) is 0 Å². The van der Waals surface area contributed by atoms with Crippen LogP contribution in [-0.2, 0) is 14.3 Å². The third-order valence-corrected chi connectivity index (χ3v) is 3.83. The van der Waals surface area contributed by atoms with E-state index in [2.05, 4.69) is 20.4 Å². The predicted molar refractivity (Wildman–Crippen MR) is 92.9 cm³/mol. The van der Waals surface area contributed by atoms with E-state index in [9.17, 15) is 9.59 Å². The third-order valence-electron chi connectivity index (χ3n) is 3.83. The second-order valence-corrected chi connectivity index (χ2v) is 5.62. The molecule has 1 atom stereocenters. The highest BCUT2D eigenvalue weighted by atomic mass is 16.5. The van der Waals surface area contributed by atoms with Crippen molar-refractivity contribution in [1.29, 1.82) is 0 Å². The summed E-state index contributed by atoms with van der Waals surface area (Å²) in [5, 5.41) is 5.92. The van der Waals surface area contributed by atoms with Crippen LogP contribution in [0.1, 0.15) is 23.2 Å². The number of ether oxygens (including phenoxy) is 2. The van der Waals surface area contributed by atoms with Gasteiger partial charge in [0, 0.05) is 12.3 Å². The number of pyridine rings is 1. The summed E-state index contributed by atoms with van der Waals surface area (Å²) in [5.41, 5.74) is 1.89. The van der Waals surface area contributed by atoms with E-state index in [0.29, 0.717) is 23.7 Å². The van der Waals surface area contributed by atoms with Gasteiger partial charge in [0.05, 0.1) is 24.6 Å². The van der Waals surface area contributed by atoms with Gasteiger partial charge in [-0.25, -0.2) is 9.78 Å². The molecule has 2 heterocycles. The summed E-state index contributed by atoms with van der Waals surface area (Å²) in [7, 11) is 1.34. The molecule has 0 aliphatic carbocycles. The van der Waals surface area contributed by atoms with E-state index < -0.39 is 0 Å². The zero-order valence-corrected chi connectivity index (χ0v) is 13.8. The van der Waals surface area contributed by atoms with E-state index in [-0.39, 0.29) is 18.0 Å². The Bertz CT molecular complexity index is 738. The van der Waals surface area contributed by atoms with Gasteiger partial charge in [0.15, 0.2) is 0 Å². The molecule has 3 rings (SSSR count). The standard InChI is InChI=1S/C18H19N3O4/c1-24-18(23)12-4-6-13(7-5-12)20-16-9-8-14(11-19-16)21-17(22)15-3-2-10-25-15/h4-9,11,15H,2-3,10H2,1H3,(H,19,20)(H,21,22). The smallest absolute Gasteiger partial charge is 0.337 e. The Kier molecular flexibility index (Phi) is 5.25. The van der Waals surface area contributed by atoms with Gasteiger partial charge < -0.3 is 20.1 Å². The first-order valence-electron chi connectivity index (χ1n) is 7.99. The average Bonchev–Trinajstić information content (AvgIpc) is 3.18. The molecule has 1 aromatic carbocycles. The molecule has 0 bridgehead atoms. The Labute approximate surface area is 145 Å². The number of benzene rings is 1. The molecule has 7 nitrogen and oxygen atoms in total. The molecule has 0 radical (unpaired) electrons. The number of amides is 1. The quantitative estimate of drug-likeness (QED) is 0.813. The molecule has 25 heavy (non-hydrogen) atoms. The highest BCUT2D eigenvalue weighted by Gasteiger charge is 2.23. The van der Waals surface area contributed by atoms with Crippen molar-refractivity contribution in [3.8, 4) is 0 Å². The van der Waals surface area contributed by atoms with Gasteiger partial charge in [0.1, 0.15) is 11.9 Å². The third kappa shape index (κ3) is 4.33. The maximum atomic E-state index is 12.0. The predicted octanol–water partition coefficient (Wildman–Crippen LogP) is 2.73. The summed E-state index contributed by atoms with van der Waals surface area (Å²) in [6, 6.07) is 10.4. The number of anilines is 3. The van der Waals surface area contributed by atoms with Gasteiger partial charge in [-0.3, -0.25) is 4.79 Å². The Hall–Kier alpha value is -2.93. The van der Waals surface area contributed by atoms with Gasteiger partial charge >= 0.3 is 5.97 Å². The summed E-state index contributed by atoms with van der Waals surface area (Å²) in [6.45, 7) is 0.633. The van der Waals surface area contributed by atoms with Crippen molar-refractivity contribution in [1.82, 2.24) is 4.98 Å². The van der Waals surface area contributed by atoms with Gasteiger partial charge in [-0.05, 0) is 49.2 Å². The Balaban J connectivity index is 1.58. The largest absolute Gasteiger partial charge is 0.465 e.